The standard InChI is InChI=1S/C29H26N6O2/c1-37-15-14-32-29(36)22-16-21(17-30-18-22)27-25-12-7-11-24(20-8-3-2-4-9-20)26(25)28(35-34-27)33-19-23-10-5-6-13-31-23/h2-13,16-18H,14-15,19H2,1H3,(H,32,36)(H,33,35). The van der Waals surface area contributed by atoms with Gasteiger partial charge < -0.3 is 15.4 Å². The number of carbonyl (C=O) groups excluding carboxylic acids is 1. The van der Waals surface area contributed by atoms with Gasteiger partial charge in [0.25, 0.3) is 5.91 Å². The van der Waals surface area contributed by atoms with Gasteiger partial charge in [0.2, 0.25) is 0 Å². The molecule has 0 spiro atoms. The average molecular weight is 491 g/mol. The average Bonchev–Trinajstić information content (AvgIpc) is 2.96. The number of hydrogen-bond acceptors (Lipinski definition) is 7. The van der Waals surface area contributed by atoms with E-state index in [1.54, 1.807) is 31.8 Å². The van der Waals surface area contributed by atoms with Gasteiger partial charge in [-0.05, 0) is 29.3 Å². The highest BCUT2D eigenvalue weighted by Crippen LogP contribution is 2.37. The van der Waals surface area contributed by atoms with Crippen LogP contribution in [0.4, 0.5) is 5.82 Å². The van der Waals surface area contributed by atoms with Crippen molar-refractivity contribution in [2.75, 3.05) is 25.6 Å². The molecule has 5 rings (SSSR count). The molecule has 37 heavy (non-hydrogen) atoms. The fourth-order valence-corrected chi connectivity index (χ4v) is 4.14. The van der Waals surface area contributed by atoms with Crippen LogP contribution in [0.15, 0.2) is 91.4 Å². The van der Waals surface area contributed by atoms with Crippen LogP contribution in [0.3, 0.4) is 0 Å². The van der Waals surface area contributed by atoms with E-state index in [4.69, 9.17) is 4.74 Å². The molecule has 8 heteroatoms. The van der Waals surface area contributed by atoms with Crippen molar-refractivity contribution in [3.63, 3.8) is 0 Å². The summed E-state index contributed by atoms with van der Waals surface area (Å²) in [6.07, 6.45) is 5.01. The minimum Gasteiger partial charge on any atom is -0.383 e. The number of carbonyl (C=O) groups is 1. The summed E-state index contributed by atoms with van der Waals surface area (Å²) in [5.74, 6) is 0.438. The Balaban J connectivity index is 1.60. The molecule has 0 atom stereocenters. The molecule has 0 aliphatic heterocycles. The first-order valence-corrected chi connectivity index (χ1v) is 12.0. The maximum absolute atomic E-state index is 12.6. The predicted molar refractivity (Wildman–Crippen MR) is 144 cm³/mol. The Kier molecular flexibility index (Phi) is 7.38. The van der Waals surface area contributed by atoms with Gasteiger partial charge in [0.15, 0.2) is 5.82 Å². The second-order valence-electron chi connectivity index (χ2n) is 8.38. The Morgan fingerprint density at radius 2 is 1.78 bits per heavy atom. The van der Waals surface area contributed by atoms with E-state index < -0.39 is 0 Å². The van der Waals surface area contributed by atoms with E-state index >= 15 is 0 Å². The van der Waals surface area contributed by atoms with E-state index in [9.17, 15) is 4.79 Å². The van der Waals surface area contributed by atoms with Crippen LogP contribution in [0.5, 0.6) is 0 Å². The highest BCUT2D eigenvalue weighted by Gasteiger charge is 2.17. The Hall–Kier alpha value is -4.69. The van der Waals surface area contributed by atoms with Crippen LogP contribution in [-0.2, 0) is 11.3 Å². The predicted octanol–water partition coefficient (Wildman–Crippen LogP) is 4.74. The highest BCUT2D eigenvalue weighted by molar-refractivity contribution is 6.08. The molecule has 184 valence electrons. The number of nitrogens with zero attached hydrogens (tertiary/aromatic N) is 4. The van der Waals surface area contributed by atoms with Crippen LogP contribution in [0.2, 0.25) is 0 Å². The molecule has 5 aromatic rings. The molecule has 0 aliphatic rings. The molecule has 0 aliphatic carbocycles. The first kappa shape index (κ1) is 24.0. The number of benzene rings is 2. The summed E-state index contributed by atoms with van der Waals surface area (Å²) >= 11 is 0. The minimum absolute atomic E-state index is 0.220. The van der Waals surface area contributed by atoms with Gasteiger partial charge in [-0.3, -0.25) is 14.8 Å². The number of rotatable bonds is 9. The van der Waals surface area contributed by atoms with Crippen LogP contribution in [-0.4, -0.2) is 46.3 Å². The molecule has 3 aromatic heterocycles. The van der Waals surface area contributed by atoms with Gasteiger partial charge in [0, 0.05) is 48.6 Å². The number of methoxy groups -OCH3 is 1. The number of aromatic nitrogens is 4. The summed E-state index contributed by atoms with van der Waals surface area (Å²) in [7, 11) is 1.59. The van der Waals surface area contributed by atoms with Crippen molar-refractivity contribution >= 4 is 22.5 Å². The monoisotopic (exact) mass is 490 g/mol. The third kappa shape index (κ3) is 5.44. The third-order valence-electron chi connectivity index (χ3n) is 5.92. The number of fused-ring (bicyclic) bond motifs is 1. The Labute approximate surface area is 214 Å². The zero-order valence-corrected chi connectivity index (χ0v) is 20.4. The van der Waals surface area contributed by atoms with E-state index in [0.29, 0.717) is 42.3 Å². The first-order chi connectivity index (χ1) is 18.2. The fourth-order valence-electron chi connectivity index (χ4n) is 4.14. The third-order valence-corrected chi connectivity index (χ3v) is 5.92. The second-order valence-corrected chi connectivity index (χ2v) is 8.38. The molecular formula is C29H26N6O2. The van der Waals surface area contributed by atoms with Gasteiger partial charge in [-0.2, -0.15) is 0 Å². The molecule has 0 radical (unpaired) electrons. The van der Waals surface area contributed by atoms with Crippen LogP contribution in [0.1, 0.15) is 16.1 Å². The lowest BCUT2D eigenvalue weighted by Gasteiger charge is -2.15. The lowest BCUT2D eigenvalue weighted by Crippen LogP contribution is -2.27. The second kappa shape index (κ2) is 11.4. The van der Waals surface area contributed by atoms with Crippen molar-refractivity contribution in [3.8, 4) is 22.4 Å². The van der Waals surface area contributed by atoms with Gasteiger partial charge in [0.05, 0.1) is 24.4 Å². The van der Waals surface area contributed by atoms with Gasteiger partial charge in [0.1, 0.15) is 5.69 Å². The molecule has 0 unspecified atom stereocenters. The van der Waals surface area contributed by atoms with E-state index in [0.717, 1.165) is 27.6 Å². The van der Waals surface area contributed by atoms with Crippen LogP contribution in [0.25, 0.3) is 33.2 Å². The number of hydrogen-bond donors (Lipinski definition) is 2. The molecule has 0 bridgehead atoms. The summed E-state index contributed by atoms with van der Waals surface area (Å²) < 4.78 is 5.02. The number of pyridine rings is 2. The molecular weight excluding hydrogens is 464 g/mol. The lowest BCUT2D eigenvalue weighted by atomic mass is 9.96. The summed E-state index contributed by atoms with van der Waals surface area (Å²) in [5.41, 5.74) is 4.79. The van der Waals surface area contributed by atoms with Crippen molar-refractivity contribution in [2.45, 2.75) is 6.54 Å². The molecule has 0 fully saturated rings. The van der Waals surface area contributed by atoms with E-state index in [1.807, 2.05) is 48.5 Å². The number of ether oxygens (including phenoxy) is 1. The Morgan fingerprint density at radius 1 is 0.919 bits per heavy atom. The molecule has 0 saturated heterocycles. The van der Waals surface area contributed by atoms with E-state index in [1.165, 1.54) is 0 Å². The zero-order chi connectivity index (χ0) is 25.5. The quantitative estimate of drug-likeness (QED) is 0.288. The highest BCUT2D eigenvalue weighted by atomic mass is 16.5. The number of nitrogens with one attached hydrogen (secondary N) is 2. The lowest BCUT2D eigenvalue weighted by molar-refractivity contribution is 0.0937. The molecule has 8 nitrogen and oxygen atoms in total. The number of amides is 1. The minimum atomic E-state index is -0.220. The molecule has 2 N–H and O–H groups in total. The van der Waals surface area contributed by atoms with Gasteiger partial charge >= 0.3 is 0 Å². The molecule has 0 saturated carbocycles. The van der Waals surface area contributed by atoms with Gasteiger partial charge in [-0.1, -0.05) is 54.6 Å². The van der Waals surface area contributed by atoms with E-state index in [-0.39, 0.29) is 5.91 Å². The van der Waals surface area contributed by atoms with Crippen LogP contribution < -0.4 is 10.6 Å². The van der Waals surface area contributed by atoms with Crippen molar-refractivity contribution in [1.82, 2.24) is 25.5 Å². The zero-order valence-electron chi connectivity index (χ0n) is 20.4. The SMILES string of the molecule is COCCNC(=O)c1cncc(-c2nnc(NCc3ccccn3)c3c(-c4ccccc4)cccc23)c1. The first-order valence-electron chi connectivity index (χ1n) is 12.0. The Morgan fingerprint density at radius 3 is 2.59 bits per heavy atom. The smallest absolute Gasteiger partial charge is 0.252 e. The van der Waals surface area contributed by atoms with Gasteiger partial charge in [-0.25, -0.2) is 0 Å². The van der Waals surface area contributed by atoms with Crippen molar-refractivity contribution in [3.05, 3.63) is 103 Å². The maximum atomic E-state index is 12.6. The largest absolute Gasteiger partial charge is 0.383 e. The summed E-state index contributed by atoms with van der Waals surface area (Å²) in [6, 6.07) is 23.9. The molecule has 1 amide bonds. The summed E-state index contributed by atoms with van der Waals surface area (Å²) in [6.45, 7) is 1.36. The van der Waals surface area contributed by atoms with Gasteiger partial charge in [-0.15, -0.1) is 10.2 Å². The maximum Gasteiger partial charge on any atom is 0.252 e. The van der Waals surface area contributed by atoms with Crippen molar-refractivity contribution in [2.24, 2.45) is 0 Å². The topological polar surface area (TPSA) is 102 Å². The Bertz CT molecular complexity index is 1510. The van der Waals surface area contributed by atoms with E-state index in [2.05, 4.69) is 49.0 Å². The fraction of sp³-hybridized carbons (Fsp3) is 0.138. The number of anilines is 1. The normalized spacial score (nSPS) is 10.8. The van der Waals surface area contributed by atoms with Crippen LogP contribution in [0, 0.1) is 0 Å². The van der Waals surface area contributed by atoms with Crippen LogP contribution >= 0.6 is 0 Å². The summed E-state index contributed by atoms with van der Waals surface area (Å²) in [5, 5.41) is 17.3. The van der Waals surface area contributed by atoms with Crippen molar-refractivity contribution in [1.29, 1.82) is 0 Å². The molecule has 2 aromatic carbocycles. The summed E-state index contributed by atoms with van der Waals surface area (Å²) in [4.78, 5) is 21.3. The molecule has 3 heterocycles. The van der Waals surface area contributed by atoms with Crippen molar-refractivity contribution < 1.29 is 9.53 Å².